The average Bonchev–Trinajstić information content (AvgIpc) is 2.78. The first-order valence-electron chi connectivity index (χ1n) is 6.11. The summed E-state index contributed by atoms with van der Waals surface area (Å²) in [5, 5.41) is 7.26. The second-order valence-electron chi connectivity index (χ2n) is 4.61. The molecule has 0 aliphatic carbocycles. The van der Waals surface area contributed by atoms with Gasteiger partial charge in [0.15, 0.2) is 0 Å². The van der Waals surface area contributed by atoms with Crippen molar-refractivity contribution in [2.45, 2.75) is 20.4 Å². The Morgan fingerprint density at radius 1 is 1.35 bits per heavy atom. The number of aromatic nitrogens is 2. The lowest BCUT2D eigenvalue weighted by Crippen LogP contribution is -2.36. The molecule has 0 unspecified atom stereocenters. The molecule has 0 spiro atoms. The number of anilines is 1. The van der Waals surface area contributed by atoms with Crippen molar-refractivity contribution < 1.29 is 9.26 Å². The van der Waals surface area contributed by atoms with Crippen LogP contribution in [0.1, 0.15) is 19.7 Å². The van der Waals surface area contributed by atoms with Crippen LogP contribution < -0.4 is 10.2 Å². The van der Waals surface area contributed by atoms with Crippen LogP contribution >= 0.6 is 0 Å². The molecule has 0 aromatic carbocycles. The van der Waals surface area contributed by atoms with Crippen molar-refractivity contribution in [3.63, 3.8) is 0 Å². The monoisotopic (exact) mass is 240 g/mol. The van der Waals surface area contributed by atoms with Crippen molar-refractivity contribution in [2.24, 2.45) is 5.92 Å². The lowest BCUT2D eigenvalue weighted by molar-refractivity contribution is 0.121. The Balaban J connectivity index is 1.82. The predicted octanol–water partition coefficient (Wildman–Crippen LogP) is 0.652. The number of hydrogen-bond donors (Lipinski definition) is 1. The number of ether oxygens (including phenoxy) is 1. The van der Waals surface area contributed by atoms with Gasteiger partial charge in [0.2, 0.25) is 5.89 Å². The van der Waals surface area contributed by atoms with E-state index in [0.29, 0.717) is 24.3 Å². The van der Waals surface area contributed by atoms with E-state index < -0.39 is 0 Å². The van der Waals surface area contributed by atoms with Crippen LogP contribution in [0.2, 0.25) is 0 Å². The highest BCUT2D eigenvalue weighted by atomic mass is 16.5. The van der Waals surface area contributed by atoms with Gasteiger partial charge in [0.25, 0.3) is 5.95 Å². The van der Waals surface area contributed by atoms with E-state index in [9.17, 15) is 0 Å². The first-order valence-corrected chi connectivity index (χ1v) is 6.11. The molecule has 1 fully saturated rings. The summed E-state index contributed by atoms with van der Waals surface area (Å²) in [6, 6.07) is 0. The molecule has 1 saturated heterocycles. The van der Waals surface area contributed by atoms with Gasteiger partial charge in [0.05, 0.1) is 19.8 Å². The molecule has 6 heteroatoms. The fraction of sp³-hybridized carbons (Fsp3) is 0.818. The Labute approximate surface area is 101 Å². The summed E-state index contributed by atoms with van der Waals surface area (Å²) in [7, 11) is 0. The van der Waals surface area contributed by atoms with Gasteiger partial charge in [-0.1, -0.05) is 13.8 Å². The molecule has 96 valence electrons. The molecule has 0 bridgehead atoms. The third-order valence-corrected chi connectivity index (χ3v) is 2.58. The standard InChI is InChI=1S/C11H20N4O2/c1-9(2)7-12-8-10-13-11(14-17-10)15-3-5-16-6-4-15/h9,12H,3-8H2,1-2H3. The first-order chi connectivity index (χ1) is 8.25. The van der Waals surface area contributed by atoms with Crippen molar-refractivity contribution in [1.82, 2.24) is 15.5 Å². The van der Waals surface area contributed by atoms with Gasteiger partial charge in [-0.25, -0.2) is 0 Å². The molecule has 17 heavy (non-hydrogen) atoms. The quantitative estimate of drug-likeness (QED) is 0.815. The first kappa shape index (κ1) is 12.3. The van der Waals surface area contributed by atoms with Crippen LogP contribution in [-0.2, 0) is 11.3 Å². The highest BCUT2D eigenvalue weighted by Gasteiger charge is 2.16. The number of nitrogens with one attached hydrogen (secondary N) is 1. The third kappa shape index (κ3) is 3.67. The molecule has 0 atom stereocenters. The van der Waals surface area contributed by atoms with E-state index in [2.05, 4.69) is 34.2 Å². The molecule has 1 aliphatic heterocycles. The summed E-state index contributed by atoms with van der Waals surface area (Å²) in [5.74, 6) is 1.94. The Bertz CT molecular complexity index is 334. The van der Waals surface area contributed by atoms with E-state index >= 15 is 0 Å². The molecular formula is C11H20N4O2. The minimum atomic E-state index is 0.622. The summed E-state index contributed by atoms with van der Waals surface area (Å²) in [6.45, 7) is 9.05. The summed E-state index contributed by atoms with van der Waals surface area (Å²) in [4.78, 5) is 6.44. The maximum absolute atomic E-state index is 5.28. The van der Waals surface area contributed by atoms with Crippen LogP contribution in [0.3, 0.4) is 0 Å². The summed E-state index contributed by atoms with van der Waals surface area (Å²) in [5.41, 5.74) is 0. The third-order valence-electron chi connectivity index (χ3n) is 2.58. The predicted molar refractivity (Wildman–Crippen MR) is 63.9 cm³/mol. The molecule has 0 amide bonds. The van der Waals surface area contributed by atoms with E-state index in [4.69, 9.17) is 9.26 Å². The van der Waals surface area contributed by atoms with Gasteiger partial charge in [0, 0.05) is 13.1 Å². The molecule has 1 N–H and O–H groups in total. The maximum atomic E-state index is 5.28. The normalized spacial score (nSPS) is 16.8. The van der Waals surface area contributed by atoms with Gasteiger partial charge >= 0.3 is 0 Å². The Morgan fingerprint density at radius 3 is 2.82 bits per heavy atom. The van der Waals surface area contributed by atoms with Crippen molar-refractivity contribution in [1.29, 1.82) is 0 Å². The van der Waals surface area contributed by atoms with E-state index in [0.717, 1.165) is 32.8 Å². The van der Waals surface area contributed by atoms with E-state index in [1.165, 1.54) is 0 Å². The zero-order chi connectivity index (χ0) is 12.1. The number of nitrogens with zero attached hydrogens (tertiary/aromatic N) is 3. The SMILES string of the molecule is CC(C)CNCc1nc(N2CCOCC2)no1. The zero-order valence-electron chi connectivity index (χ0n) is 10.5. The highest BCUT2D eigenvalue weighted by Crippen LogP contribution is 2.10. The van der Waals surface area contributed by atoms with Crippen molar-refractivity contribution in [2.75, 3.05) is 37.7 Å². The lowest BCUT2D eigenvalue weighted by Gasteiger charge is -2.24. The van der Waals surface area contributed by atoms with Crippen molar-refractivity contribution >= 4 is 5.95 Å². The van der Waals surface area contributed by atoms with E-state index in [-0.39, 0.29) is 0 Å². The average molecular weight is 240 g/mol. The van der Waals surface area contributed by atoms with Crippen LogP contribution in [0.15, 0.2) is 4.52 Å². The Kier molecular flexibility index (Phi) is 4.33. The molecular weight excluding hydrogens is 220 g/mol. The van der Waals surface area contributed by atoms with Crippen LogP contribution in [0, 0.1) is 5.92 Å². The van der Waals surface area contributed by atoms with Crippen molar-refractivity contribution in [3.8, 4) is 0 Å². The maximum Gasteiger partial charge on any atom is 0.266 e. The number of morpholine rings is 1. The van der Waals surface area contributed by atoms with E-state index in [1.54, 1.807) is 0 Å². The Hall–Kier alpha value is -1.14. The van der Waals surface area contributed by atoms with Gasteiger partial charge in [0.1, 0.15) is 0 Å². The largest absolute Gasteiger partial charge is 0.378 e. The molecule has 0 saturated carbocycles. The molecule has 2 rings (SSSR count). The van der Waals surface area contributed by atoms with Gasteiger partial charge in [-0.05, 0) is 17.6 Å². The second-order valence-corrected chi connectivity index (χ2v) is 4.61. The minimum Gasteiger partial charge on any atom is -0.378 e. The van der Waals surface area contributed by atoms with Crippen LogP contribution in [-0.4, -0.2) is 43.0 Å². The van der Waals surface area contributed by atoms with Crippen LogP contribution in [0.5, 0.6) is 0 Å². The molecule has 1 aromatic heterocycles. The van der Waals surface area contributed by atoms with Gasteiger partial charge < -0.3 is 19.5 Å². The fourth-order valence-electron chi connectivity index (χ4n) is 1.68. The summed E-state index contributed by atoms with van der Waals surface area (Å²) < 4.78 is 10.5. The summed E-state index contributed by atoms with van der Waals surface area (Å²) in [6.07, 6.45) is 0. The Morgan fingerprint density at radius 2 is 2.12 bits per heavy atom. The molecule has 0 radical (unpaired) electrons. The van der Waals surface area contributed by atoms with Gasteiger partial charge in [-0.2, -0.15) is 4.98 Å². The molecule has 2 heterocycles. The zero-order valence-corrected chi connectivity index (χ0v) is 10.5. The summed E-state index contributed by atoms with van der Waals surface area (Å²) >= 11 is 0. The number of hydrogen-bond acceptors (Lipinski definition) is 6. The van der Waals surface area contributed by atoms with Crippen molar-refractivity contribution in [3.05, 3.63) is 5.89 Å². The minimum absolute atomic E-state index is 0.622. The highest BCUT2D eigenvalue weighted by molar-refractivity contribution is 5.27. The molecule has 1 aliphatic rings. The van der Waals surface area contributed by atoms with Gasteiger partial charge in [-0.15, -0.1) is 0 Å². The molecule has 6 nitrogen and oxygen atoms in total. The lowest BCUT2D eigenvalue weighted by atomic mass is 10.2. The number of rotatable bonds is 5. The van der Waals surface area contributed by atoms with Gasteiger partial charge in [-0.3, -0.25) is 0 Å². The topological polar surface area (TPSA) is 63.4 Å². The smallest absolute Gasteiger partial charge is 0.266 e. The fourth-order valence-corrected chi connectivity index (χ4v) is 1.68. The van der Waals surface area contributed by atoms with Crippen LogP contribution in [0.4, 0.5) is 5.95 Å². The van der Waals surface area contributed by atoms with Crippen LogP contribution in [0.25, 0.3) is 0 Å². The second kappa shape index (κ2) is 5.97. The van der Waals surface area contributed by atoms with E-state index in [1.807, 2.05) is 0 Å². The molecule has 1 aromatic rings.